The molecule has 1 rings (SSSR count). The van der Waals surface area contributed by atoms with Crippen molar-refractivity contribution in [2.24, 2.45) is 0 Å². The van der Waals surface area contributed by atoms with Gasteiger partial charge in [-0.1, -0.05) is 31.9 Å². The lowest BCUT2D eigenvalue weighted by Gasteiger charge is -2.23. The molecule has 0 N–H and O–H groups in total. The van der Waals surface area contributed by atoms with Gasteiger partial charge in [-0.2, -0.15) is 0 Å². The Morgan fingerprint density at radius 2 is 2.00 bits per heavy atom. The summed E-state index contributed by atoms with van der Waals surface area (Å²) < 4.78 is 22.7. The number of hydrogen-bond donors (Lipinski definition) is 0. The molecule has 0 amide bonds. The molecule has 0 spiro atoms. The van der Waals surface area contributed by atoms with E-state index in [0.717, 1.165) is 12.8 Å². The molecule has 1 aliphatic heterocycles. The Labute approximate surface area is 83.9 Å². The Hall–Kier alpha value is 0.910. The van der Waals surface area contributed by atoms with Crippen molar-refractivity contribution in [1.29, 1.82) is 0 Å². The molecule has 1 saturated heterocycles. The largest absolute Gasteiger partial charge is 0.228 e. The van der Waals surface area contributed by atoms with Gasteiger partial charge in [0.15, 0.2) is 9.84 Å². The minimum atomic E-state index is -2.82. The Kier molecular flexibility index (Phi) is 3.40. The molecule has 0 radical (unpaired) electrons. The van der Waals surface area contributed by atoms with Gasteiger partial charge in [-0.3, -0.25) is 0 Å². The molecule has 0 saturated carbocycles. The molecular formula is C6H10Br2O2S. The minimum Gasteiger partial charge on any atom is -0.228 e. The summed E-state index contributed by atoms with van der Waals surface area (Å²) in [6.45, 7) is 0. The Morgan fingerprint density at radius 1 is 1.36 bits per heavy atom. The SMILES string of the molecule is O=S1(=O)C[C@H](Br)CC[C@H]1CBr. The van der Waals surface area contributed by atoms with Crippen molar-refractivity contribution in [3.8, 4) is 0 Å². The van der Waals surface area contributed by atoms with Gasteiger partial charge < -0.3 is 0 Å². The van der Waals surface area contributed by atoms with Crippen molar-refractivity contribution in [3.05, 3.63) is 0 Å². The van der Waals surface area contributed by atoms with Crippen LogP contribution in [0.1, 0.15) is 12.8 Å². The second-order valence-corrected chi connectivity index (χ2v) is 7.05. The van der Waals surface area contributed by atoms with Crippen molar-refractivity contribution >= 4 is 41.7 Å². The van der Waals surface area contributed by atoms with Crippen molar-refractivity contribution in [1.82, 2.24) is 0 Å². The van der Waals surface area contributed by atoms with Crippen LogP contribution in [-0.4, -0.2) is 29.6 Å². The maximum absolute atomic E-state index is 11.4. The van der Waals surface area contributed by atoms with Gasteiger partial charge in [-0.05, 0) is 12.8 Å². The van der Waals surface area contributed by atoms with Gasteiger partial charge >= 0.3 is 0 Å². The summed E-state index contributed by atoms with van der Waals surface area (Å²) in [4.78, 5) is 0.169. The molecule has 0 aromatic heterocycles. The predicted octanol–water partition coefficient (Wildman–Crippen LogP) is 1.72. The van der Waals surface area contributed by atoms with Gasteiger partial charge in [0.2, 0.25) is 0 Å². The second kappa shape index (κ2) is 3.75. The number of alkyl halides is 2. The monoisotopic (exact) mass is 304 g/mol. The van der Waals surface area contributed by atoms with Crippen molar-refractivity contribution in [3.63, 3.8) is 0 Å². The van der Waals surface area contributed by atoms with Gasteiger partial charge in [0.25, 0.3) is 0 Å². The first-order valence-electron chi connectivity index (χ1n) is 3.48. The minimum absolute atomic E-state index is 0.156. The van der Waals surface area contributed by atoms with E-state index in [0.29, 0.717) is 11.1 Å². The second-order valence-electron chi connectivity index (χ2n) is 2.78. The van der Waals surface area contributed by atoms with Crippen LogP contribution < -0.4 is 0 Å². The topological polar surface area (TPSA) is 34.1 Å². The van der Waals surface area contributed by atoms with Crippen LogP contribution in [0.5, 0.6) is 0 Å². The summed E-state index contributed by atoms with van der Waals surface area (Å²) >= 11 is 6.54. The Bertz CT molecular complexity index is 225. The first-order valence-corrected chi connectivity index (χ1v) is 7.23. The molecular weight excluding hydrogens is 296 g/mol. The van der Waals surface area contributed by atoms with E-state index in [-0.39, 0.29) is 10.1 Å². The van der Waals surface area contributed by atoms with E-state index in [1.54, 1.807) is 0 Å². The smallest absolute Gasteiger partial charge is 0.155 e. The zero-order chi connectivity index (χ0) is 8.48. The van der Waals surface area contributed by atoms with E-state index >= 15 is 0 Å². The maximum atomic E-state index is 11.4. The fourth-order valence-electron chi connectivity index (χ4n) is 1.19. The summed E-state index contributed by atoms with van der Waals surface area (Å²) in [7, 11) is -2.82. The molecule has 0 unspecified atom stereocenters. The number of hydrogen-bond acceptors (Lipinski definition) is 2. The molecule has 1 fully saturated rings. The van der Waals surface area contributed by atoms with E-state index in [9.17, 15) is 8.42 Å². The summed E-state index contributed by atoms with van der Waals surface area (Å²) in [5.74, 6) is 0.295. The van der Waals surface area contributed by atoms with Gasteiger partial charge in [-0.25, -0.2) is 8.42 Å². The third-order valence-corrected chi connectivity index (χ3v) is 6.60. The highest BCUT2D eigenvalue weighted by molar-refractivity contribution is 9.09. The molecule has 5 heteroatoms. The average Bonchev–Trinajstić information content (AvgIpc) is 1.85. The highest BCUT2D eigenvalue weighted by atomic mass is 79.9. The standard InChI is InChI=1S/C6H10Br2O2S/c7-3-6-2-1-5(8)4-11(6,9)10/h5-6H,1-4H2/t5-,6+/m1/s1. The molecule has 1 aliphatic rings. The van der Waals surface area contributed by atoms with Crippen LogP contribution in [-0.2, 0) is 9.84 Å². The fraction of sp³-hybridized carbons (Fsp3) is 1.00. The van der Waals surface area contributed by atoms with Crippen LogP contribution in [0.25, 0.3) is 0 Å². The lowest BCUT2D eigenvalue weighted by Crippen LogP contribution is -2.34. The van der Waals surface area contributed by atoms with Crippen LogP contribution in [0, 0.1) is 0 Å². The molecule has 0 aromatic carbocycles. The summed E-state index contributed by atoms with van der Waals surface area (Å²) in [6.07, 6.45) is 1.75. The van der Waals surface area contributed by atoms with Crippen LogP contribution in [0.3, 0.4) is 0 Å². The van der Waals surface area contributed by atoms with Gasteiger partial charge in [-0.15, -0.1) is 0 Å². The molecule has 11 heavy (non-hydrogen) atoms. The van der Waals surface area contributed by atoms with Crippen LogP contribution >= 0.6 is 31.9 Å². The first-order chi connectivity index (χ1) is 5.06. The zero-order valence-electron chi connectivity index (χ0n) is 5.96. The van der Waals surface area contributed by atoms with Crippen LogP contribution in [0.4, 0.5) is 0 Å². The third-order valence-electron chi connectivity index (χ3n) is 1.89. The first kappa shape index (κ1) is 9.99. The summed E-state index contributed by atoms with van der Waals surface area (Å²) in [5.41, 5.74) is 0. The van der Waals surface area contributed by atoms with Crippen molar-refractivity contribution in [2.45, 2.75) is 22.9 Å². The Morgan fingerprint density at radius 3 is 2.45 bits per heavy atom. The maximum Gasteiger partial charge on any atom is 0.155 e. The van der Waals surface area contributed by atoms with Crippen molar-refractivity contribution < 1.29 is 8.42 Å². The van der Waals surface area contributed by atoms with Crippen LogP contribution in [0.15, 0.2) is 0 Å². The molecule has 0 bridgehead atoms. The lowest BCUT2D eigenvalue weighted by atomic mass is 10.2. The van der Waals surface area contributed by atoms with Gasteiger partial charge in [0, 0.05) is 10.2 Å². The van der Waals surface area contributed by atoms with E-state index in [1.165, 1.54) is 0 Å². The molecule has 66 valence electrons. The Balaban J connectivity index is 2.73. The van der Waals surface area contributed by atoms with E-state index in [2.05, 4.69) is 31.9 Å². The van der Waals surface area contributed by atoms with Gasteiger partial charge in [0.05, 0.1) is 11.0 Å². The molecule has 2 atom stereocenters. The summed E-state index contributed by atoms with van der Waals surface area (Å²) in [6, 6.07) is 0. The lowest BCUT2D eigenvalue weighted by molar-refractivity contribution is 0.556. The highest BCUT2D eigenvalue weighted by Crippen LogP contribution is 2.25. The van der Waals surface area contributed by atoms with Crippen LogP contribution in [0.2, 0.25) is 0 Å². The van der Waals surface area contributed by atoms with E-state index in [4.69, 9.17) is 0 Å². The molecule has 0 aliphatic carbocycles. The van der Waals surface area contributed by atoms with E-state index in [1.807, 2.05) is 0 Å². The number of rotatable bonds is 1. The van der Waals surface area contributed by atoms with Gasteiger partial charge in [0.1, 0.15) is 0 Å². The number of halogens is 2. The molecule has 2 nitrogen and oxygen atoms in total. The van der Waals surface area contributed by atoms with Crippen molar-refractivity contribution in [2.75, 3.05) is 11.1 Å². The normalized spacial score (nSPS) is 36.9. The molecule has 0 aromatic rings. The summed E-state index contributed by atoms with van der Waals surface area (Å²) in [5, 5.41) is 0.422. The molecule has 1 heterocycles. The number of sulfone groups is 1. The highest BCUT2D eigenvalue weighted by Gasteiger charge is 2.31. The fourth-order valence-corrected chi connectivity index (χ4v) is 5.72. The third kappa shape index (κ3) is 2.42. The predicted molar refractivity (Wildman–Crippen MR) is 53.3 cm³/mol. The zero-order valence-corrected chi connectivity index (χ0v) is 9.95. The van der Waals surface area contributed by atoms with E-state index < -0.39 is 9.84 Å². The quantitative estimate of drug-likeness (QED) is 0.691. The average molecular weight is 306 g/mol.